The van der Waals surface area contributed by atoms with Gasteiger partial charge in [0.2, 0.25) is 5.95 Å². The third-order valence-electron chi connectivity index (χ3n) is 2.07. The smallest absolute Gasteiger partial charge is 0.254 e. The lowest BCUT2D eigenvalue weighted by Crippen LogP contribution is -2.21. The van der Waals surface area contributed by atoms with Gasteiger partial charge in [-0.05, 0) is 13.3 Å². The predicted octanol–water partition coefficient (Wildman–Crippen LogP) is 0.368. The number of hydrogen-bond acceptors (Lipinski definition) is 5. The minimum Gasteiger partial charge on any atom is -0.368 e. The number of nitrogens with two attached hydrogens (primary N) is 2. The topological polar surface area (TPSA) is 107 Å². The van der Waals surface area contributed by atoms with E-state index in [1.807, 2.05) is 13.8 Å². The second-order valence-corrected chi connectivity index (χ2v) is 3.31. The summed E-state index contributed by atoms with van der Waals surface area (Å²) in [5.74, 6) is -0.0593. The molecule has 5 N–H and O–H groups in total. The first-order valence-corrected chi connectivity index (χ1v) is 4.73. The Morgan fingerprint density at radius 2 is 2.33 bits per heavy atom. The summed E-state index contributed by atoms with van der Waals surface area (Å²) in [5.41, 5.74) is 10.9. The highest BCUT2D eigenvalue weighted by Gasteiger charge is 2.12. The Bertz CT molecular complexity index is 366. The molecule has 1 atom stereocenters. The van der Waals surface area contributed by atoms with Crippen LogP contribution in [-0.4, -0.2) is 21.9 Å². The Morgan fingerprint density at radius 3 is 2.87 bits per heavy atom. The highest BCUT2D eigenvalue weighted by Crippen LogP contribution is 2.13. The van der Waals surface area contributed by atoms with Crippen molar-refractivity contribution in [3.8, 4) is 0 Å². The summed E-state index contributed by atoms with van der Waals surface area (Å²) in [5, 5.41) is 3.05. The Labute approximate surface area is 88.1 Å². The number of hydrogen-bond donors (Lipinski definition) is 3. The predicted molar refractivity (Wildman–Crippen MR) is 58.3 cm³/mol. The van der Waals surface area contributed by atoms with E-state index in [2.05, 4.69) is 15.3 Å². The van der Waals surface area contributed by atoms with E-state index in [4.69, 9.17) is 11.5 Å². The molecular formula is C9H15N5O. The van der Waals surface area contributed by atoms with Crippen LogP contribution >= 0.6 is 0 Å². The molecule has 1 aromatic rings. The van der Waals surface area contributed by atoms with Crippen molar-refractivity contribution in [2.24, 2.45) is 5.73 Å². The first kappa shape index (κ1) is 11.2. The van der Waals surface area contributed by atoms with Crippen LogP contribution in [0.15, 0.2) is 6.20 Å². The fraction of sp³-hybridized carbons (Fsp3) is 0.444. The summed E-state index contributed by atoms with van der Waals surface area (Å²) in [4.78, 5) is 18.7. The van der Waals surface area contributed by atoms with Crippen LogP contribution in [0.2, 0.25) is 0 Å². The van der Waals surface area contributed by atoms with E-state index in [9.17, 15) is 4.79 Å². The molecule has 0 aromatic carbocycles. The summed E-state index contributed by atoms with van der Waals surface area (Å²) in [6, 6.07) is 0.192. The third-order valence-corrected chi connectivity index (χ3v) is 2.07. The zero-order valence-electron chi connectivity index (χ0n) is 8.82. The van der Waals surface area contributed by atoms with Gasteiger partial charge in [-0.2, -0.15) is 4.98 Å². The first-order valence-electron chi connectivity index (χ1n) is 4.73. The highest BCUT2D eigenvalue weighted by atomic mass is 16.1. The molecule has 0 spiro atoms. The van der Waals surface area contributed by atoms with E-state index in [1.54, 1.807) is 0 Å². The number of nitrogens with zero attached hydrogens (tertiary/aromatic N) is 2. The molecular weight excluding hydrogens is 194 g/mol. The van der Waals surface area contributed by atoms with Gasteiger partial charge in [-0.3, -0.25) is 4.79 Å². The maximum Gasteiger partial charge on any atom is 0.254 e. The van der Waals surface area contributed by atoms with E-state index in [-0.39, 0.29) is 17.6 Å². The number of rotatable bonds is 4. The van der Waals surface area contributed by atoms with Crippen LogP contribution in [0, 0.1) is 0 Å². The highest BCUT2D eigenvalue weighted by molar-refractivity contribution is 5.97. The lowest BCUT2D eigenvalue weighted by atomic mass is 10.2. The van der Waals surface area contributed by atoms with Crippen molar-refractivity contribution < 1.29 is 4.79 Å². The Balaban J connectivity index is 3.02. The minimum atomic E-state index is -0.569. The number of anilines is 2. The second-order valence-electron chi connectivity index (χ2n) is 3.31. The molecule has 1 rings (SSSR count). The molecule has 1 amide bonds. The number of carbonyl (C=O) groups is 1. The number of amides is 1. The molecule has 1 aromatic heterocycles. The van der Waals surface area contributed by atoms with Crippen molar-refractivity contribution in [1.29, 1.82) is 0 Å². The molecule has 82 valence electrons. The van der Waals surface area contributed by atoms with Crippen molar-refractivity contribution in [1.82, 2.24) is 9.97 Å². The zero-order valence-corrected chi connectivity index (χ0v) is 8.82. The van der Waals surface area contributed by atoms with Crippen LogP contribution in [0.3, 0.4) is 0 Å². The summed E-state index contributed by atoms with van der Waals surface area (Å²) >= 11 is 0. The van der Waals surface area contributed by atoms with E-state index in [1.165, 1.54) is 6.20 Å². The molecule has 1 unspecified atom stereocenters. The number of nitrogens with one attached hydrogen (secondary N) is 1. The summed E-state index contributed by atoms with van der Waals surface area (Å²) < 4.78 is 0. The second kappa shape index (κ2) is 4.59. The van der Waals surface area contributed by atoms with E-state index < -0.39 is 5.91 Å². The zero-order chi connectivity index (χ0) is 11.4. The normalized spacial score (nSPS) is 12.1. The fourth-order valence-electron chi connectivity index (χ4n) is 1.02. The van der Waals surface area contributed by atoms with Crippen molar-refractivity contribution in [2.75, 3.05) is 11.1 Å². The van der Waals surface area contributed by atoms with E-state index in [0.717, 1.165) is 6.42 Å². The largest absolute Gasteiger partial charge is 0.368 e. The molecule has 1 heterocycles. The van der Waals surface area contributed by atoms with Crippen molar-refractivity contribution in [3.63, 3.8) is 0 Å². The summed E-state index contributed by atoms with van der Waals surface area (Å²) in [7, 11) is 0. The van der Waals surface area contributed by atoms with Crippen LogP contribution < -0.4 is 16.8 Å². The fourth-order valence-corrected chi connectivity index (χ4v) is 1.02. The standard InChI is InChI=1S/C9H15N5O/c1-3-5(2)13-8-6(7(10)15)4-12-9(11)14-8/h4-5H,3H2,1-2H3,(H2,10,15)(H3,11,12,13,14). The van der Waals surface area contributed by atoms with Crippen LogP contribution in [0.25, 0.3) is 0 Å². The first-order chi connectivity index (χ1) is 7.04. The Kier molecular flexibility index (Phi) is 3.43. The molecule has 0 aliphatic rings. The molecule has 0 bridgehead atoms. The molecule has 0 radical (unpaired) electrons. The average molecular weight is 209 g/mol. The monoisotopic (exact) mass is 209 g/mol. The van der Waals surface area contributed by atoms with E-state index in [0.29, 0.717) is 5.82 Å². The van der Waals surface area contributed by atoms with Crippen LogP contribution in [-0.2, 0) is 0 Å². The average Bonchev–Trinajstić information content (AvgIpc) is 2.17. The molecule has 0 fully saturated rings. The van der Waals surface area contributed by atoms with Gasteiger partial charge in [-0.1, -0.05) is 6.92 Å². The lowest BCUT2D eigenvalue weighted by Gasteiger charge is -2.14. The molecule has 0 saturated carbocycles. The number of primary amides is 1. The number of nitrogen functional groups attached to an aromatic ring is 1. The molecule has 0 aliphatic heterocycles. The van der Waals surface area contributed by atoms with E-state index >= 15 is 0 Å². The number of aromatic nitrogens is 2. The van der Waals surface area contributed by atoms with Gasteiger partial charge in [0.05, 0.1) is 5.56 Å². The van der Waals surface area contributed by atoms with Crippen molar-refractivity contribution in [2.45, 2.75) is 26.3 Å². The lowest BCUT2D eigenvalue weighted by molar-refractivity contribution is 0.100. The maximum atomic E-state index is 11.1. The van der Waals surface area contributed by atoms with Crippen molar-refractivity contribution in [3.05, 3.63) is 11.8 Å². The third kappa shape index (κ3) is 2.80. The Hall–Kier alpha value is -1.85. The SMILES string of the molecule is CCC(C)Nc1nc(N)ncc1C(N)=O. The van der Waals surface area contributed by atoms with Gasteiger partial charge >= 0.3 is 0 Å². The van der Waals surface area contributed by atoms with Crippen LogP contribution in [0.4, 0.5) is 11.8 Å². The molecule has 0 aliphatic carbocycles. The van der Waals surface area contributed by atoms with Gasteiger partial charge in [0.15, 0.2) is 0 Å². The van der Waals surface area contributed by atoms with Crippen LogP contribution in [0.5, 0.6) is 0 Å². The van der Waals surface area contributed by atoms with Gasteiger partial charge in [0, 0.05) is 12.2 Å². The molecule has 6 nitrogen and oxygen atoms in total. The summed E-state index contributed by atoms with van der Waals surface area (Å²) in [6.07, 6.45) is 2.23. The van der Waals surface area contributed by atoms with Gasteiger partial charge in [0.25, 0.3) is 5.91 Å². The van der Waals surface area contributed by atoms with Crippen LogP contribution in [0.1, 0.15) is 30.6 Å². The molecule has 0 saturated heterocycles. The van der Waals surface area contributed by atoms with Gasteiger partial charge in [0.1, 0.15) is 5.82 Å². The molecule has 6 heteroatoms. The van der Waals surface area contributed by atoms with Gasteiger partial charge in [-0.15, -0.1) is 0 Å². The van der Waals surface area contributed by atoms with Gasteiger partial charge < -0.3 is 16.8 Å². The molecule has 15 heavy (non-hydrogen) atoms. The Morgan fingerprint density at radius 1 is 1.67 bits per heavy atom. The summed E-state index contributed by atoms with van der Waals surface area (Å²) in [6.45, 7) is 4.00. The maximum absolute atomic E-state index is 11.1. The van der Waals surface area contributed by atoms with Crippen molar-refractivity contribution >= 4 is 17.7 Å². The quantitative estimate of drug-likeness (QED) is 0.664. The minimum absolute atomic E-state index is 0.116. The number of carbonyl (C=O) groups excluding carboxylic acids is 1. The van der Waals surface area contributed by atoms with Gasteiger partial charge in [-0.25, -0.2) is 4.98 Å².